The molecule has 112 valence electrons. The van der Waals surface area contributed by atoms with Gasteiger partial charge in [0, 0.05) is 25.7 Å². The Balaban J connectivity index is 2.14. The first-order valence-corrected chi connectivity index (χ1v) is 7.01. The summed E-state index contributed by atoms with van der Waals surface area (Å²) in [5.41, 5.74) is 0.958. The van der Waals surface area contributed by atoms with Crippen molar-refractivity contribution in [1.29, 1.82) is 0 Å². The minimum atomic E-state index is 0.282. The molecule has 7 heteroatoms. The molecule has 0 saturated heterocycles. The van der Waals surface area contributed by atoms with Crippen LogP contribution in [0.25, 0.3) is 0 Å². The highest BCUT2D eigenvalue weighted by Gasteiger charge is 2.09. The zero-order valence-corrected chi connectivity index (χ0v) is 13.1. The van der Waals surface area contributed by atoms with Crippen molar-refractivity contribution in [2.24, 2.45) is 0 Å². The third-order valence-electron chi connectivity index (χ3n) is 2.59. The molecular formula is C14H18ClN5O. The van der Waals surface area contributed by atoms with Gasteiger partial charge in [-0.25, -0.2) is 0 Å². The third kappa shape index (κ3) is 4.46. The average Bonchev–Trinajstić information content (AvgIpc) is 2.45. The summed E-state index contributed by atoms with van der Waals surface area (Å²) in [5.74, 6) is 1.04. The molecule has 6 nitrogen and oxygen atoms in total. The van der Waals surface area contributed by atoms with Gasteiger partial charge in [-0.1, -0.05) is 23.7 Å². The van der Waals surface area contributed by atoms with E-state index >= 15 is 0 Å². The molecule has 0 unspecified atom stereocenters. The topological polar surface area (TPSA) is 63.2 Å². The summed E-state index contributed by atoms with van der Waals surface area (Å²) in [4.78, 5) is 14.6. The maximum atomic E-state index is 5.95. The van der Waals surface area contributed by atoms with E-state index in [1.165, 1.54) is 0 Å². The normalized spacial score (nSPS) is 10.3. The molecule has 0 aliphatic heterocycles. The van der Waals surface area contributed by atoms with Crippen LogP contribution in [0.3, 0.4) is 0 Å². The molecule has 1 N–H and O–H groups in total. The van der Waals surface area contributed by atoms with Crippen molar-refractivity contribution in [2.75, 3.05) is 30.9 Å². The van der Waals surface area contributed by atoms with Crippen molar-refractivity contribution in [1.82, 2.24) is 15.0 Å². The number of benzene rings is 1. The van der Waals surface area contributed by atoms with E-state index in [0.29, 0.717) is 23.5 Å². The molecule has 0 saturated carbocycles. The molecule has 2 aromatic rings. The van der Waals surface area contributed by atoms with Gasteiger partial charge < -0.3 is 15.0 Å². The number of hydrogen-bond donors (Lipinski definition) is 1. The highest BCUT2D eigenvalue weighted by molar-refractivity contribution is 6.30. The minimum absolute atomic E-state index is 0.282. The predicted molar refractivity (Wildman–Crippen MR) is 84.1 cm³/mol. The largest absolute Gasteiger partial charge is 0.458 e. The van der Waals surface area contributed by atoms with Crippen LogP contribution < -0.4 is 15.0 Å². The monoisotopic (exact) mass is 307 g/mol. The molecule has 0 aliphatic carbocycles. The lowest BCUT2D eigenvalue weighted by molar-refractivity contribution is 0.280. The fourth-order valence-electron chi connectivity index (χ4n) is 1.62. The Morgan fingerprint density at radius 2 is 2.05 bits per heavy atom. The summed E-state index contributed by atoms with van der Waals surface area (Å²) in [6.45, 7) is 3.05. The average molecular weight is 308 g/mol. The molecule has 0 aliphatic rings. The van der Waals surface area contributed by atoms with Gasteiger partial charge >= 0.3 is 6.01 Å². The zero-order chi connectivity index (χ0) is 15.2. The number of aromatic nitrogens is 3. The molecule has 21 heavy (non-hydrogen) atoms. The van der Waals surface area contributed by atoms with E-state index in [9.17, 15) is 0 Å². The first kappa shape index (κ1) is 15.3. The van der Waals surface area contributed by atoms with Crippen LogP contribution in [0.4, 0.5) is 11.9 Å². The van der Waals surface area contributed by atoms with Crippen LogP contribution in [-0.4, -0.2) is 35.6 Å². The molecule has 0 bridgehead atoms. The summed E-state index contributed by atoms with van der Waals surface area (Å²) in [6.07, 6.45) is 0. The number of hydrogen-bond acceptors (Lipinski definition) is 6. The highest BCUT2D eigenvalue weighted by atomic mass is 35.5. The molecular weight excluding hydrogens is 290 g/mol. The van der Waals surface area contributed by atoms with E-state index in [4.69, 9.17) is 16.3 Å². The quantitative estimate of drug-likeness (QED) is 0.885. The van der Waals surface area contributed by atoms with Gasteiger partial charge in [0.05, 0.1) is 0 Å². The number of nitrogens with one attached hydrogen (secondary N) is 1. The second kappa shape index (κ2) is 7.08. The Labute approximate surface area is 129 Å². The lowest BCUT2D eigenvalue weighted by atomic mass is 10.2. The van der Waals surface area contributed by atoms with Gasteiger partial charge in [-0.3, -0.25) is 0 Å². The molecule has 0 atom stereocenters. The molecule has 0 spiro atoms. The molecule has 0 radical (unpaired) electrons. The summed E-state index contributed by atoms with van der Waals surface area (Å²) >= 11 is 5.95. The van der Waals surface area contributed by atoms with Gasteiger partial charge in [0.25, 0.3) is 0 Å². The van der Waals surface area contributed by atoms with Gasteiger partial charge in [-0.05, 0) is 24.6 Å². The lowest BCUT2D eigenvalue weighted by Gasteiger charge is -2.13. The van der Waals surface area contributed by atoms with Crippen molar-refractivity contribution in [2.45, 2.75) is 13.5 Å². The second-order valence-corrected chi connectivity index (χ2v) is 5.02. The number of rotatable bonds is 6. The second-order valence-electron chi connectivity index (χ2n) is 4.58. The van der Waals surface area contributed by atoms with Gasteiger partial charge in [-0.2, -0.15) is 15.0 Å². The van der Waals surface area contributed by atoms with Crippen LogP contribution in [0, 0.1) is 0 Å². The van der Waals surface area contributed by atoms with E-state index in [1.807, 2.05) is 45.3 Å². The van der Waals surface area contributed by atoms with E-state index in [2.05, 4.69) is 20.3 Å². The number of halogens is 1. The zero-order valence-electron chi connectivity index (χ0n) is 12.3. The molecule has 2 rings (SSSR count). The Bertz CT molecular complexity index is 606. The summed E-state index contributed by atoms with van der Waals surface area (Å²) in [6, 6.07) is 7.77. The Kier molecular flexibility index (Phi) is 5.16. The van der Waals surface area contributed by atoms with Crippen LogP contribution in [-0.2, 0) is 6.61 Å². The van der Waals surface area contributed by atoms with Crippen LogP contribution >= 0.6 is 11.6 Å². The fourth-order valence-corrected chi connectivity index (χ4v) is 1.84. The molecule has 1 aromatic heterocycles. The Hall–Kier alpha value is -2.08. The number of anilines is 2. The van der Waals surface area contributed by atoms with Gasteiger partial charge in [0.2, 0.25) is 11.9 Å². The third-order valence-corrected chi connectivity index (χ3v) is 2.83. The fraction of sp³-hybridized carbons (Fsp3) is 0.357. The van der Waals surface area contributed by atoms with E-state index < -0.39 is 0 Å². The van der Waals surface area contributed by atoms with Crippen LogP contribution in [0.1, 0.15) is 12.5 Å². The molecule has 0 amide bonds. The number of nitrogens with zero attached hydrogens (tertiary/aromatic N) is 4. The maximum Gasteiger partial charge on any atom is 0.323 e. The van der Waals surface area contributed by atoms with Crippen LogP contribution in [0.2, 0.25) is 5.02 Å². The predicted octanol–water partition coefficient (Wildman–Crippen LogP) is 2.60. The summed E-state index contributed by atoms with van der Waals surface area (Å²) in [5, 5.41) is 3.74. The Morgan fingerprint density at radius 1 is 1.24 bits per heavy atom. The van der Waals surface area contributed by atoms with E-state index in [0.717, 1.165) is 12.1 Å². The lowest BCUT2D eigenvalue weighted by Crippen LogP contribution is -2.16. The summed E-state index contributed by atoms with van der Waals surface area (Å²) in [7, 11) is 3.73. The smallest absolute Gasteiger partial charge is 0.323 e. The van der Waals surface area contributed by atoms with E-state index in [1.54, 1.807) is 4.90 Å². The SMILES string of the molecule is CCNc1nc(OCc2cccc(Cl)c2)nc(N(C)C)n1. The van der Waals surface area contributed by atoms with Crippen molar-refractivity contribution < 1.29 is 4.74 Å². The van der Waals surface area contributed by atoms with Crippen molar-refractivity contribution in [3.05, 3.63) is 34.9 Å². The van der Waals surface area contributed by atoms with Crippen molar-refractivity contribution in [3.8, 4) is 6.01 Å². The number of ether oxygens (including phenoxy) is 1. The maximum absolute atomic E-state index is 5.95. The standard InChI is InChI=1S/C14H18ClN5O/c1-4-16-12-17-13(20(2)3)19-14(18-12)21-9-10-6-5-7-11(15)8-10/h5-8H,4,9H2,1-3H3,(H,16,17,18,19). The minimum Gasteiger partial charge on any atom is -0.458 e. The first-order chi connectivity index (χ1) is 10.1. The molecule has 0 fully saturated rings. The van der Waals surface area contributed by atoms with Crippen LogP contribution in [0.5, 0.6) is 6.01 Å². The van der Waals surface area contributed by atoms with Gasteiger partial charge in [0.1, 0.15) is 6.61 Å². The van der Waals surface area contributed by atoms with Crippen LogP contribution in [0.15, 0.2) is 24.3 Å². The van der Waals surface area contributed by atoms with Crippen molar-refractivity contribution >= 4 is 23.5 Å². The Morgan fingerprint density at radius 3 is 2.71 bits per heavy atom. The highest BCUT2D eigenvalue weighted by Crippen LogP contribution is 2.16. The van der Waals surface area contributed by atoms with Crippen molar-refractivity contribution in [3.63, 3.8) is 0 Å². The van der Waals surface area contributed by atoms with Gasteiger partial charge in [0.15, 0.2) is 0 Å². The molecule has 1 heterocycles. The van der Waals surface area contributed by atoms with Gasteiger partial charge in [-0.15, -0.1) is 0 Å². The first-order valence-electron chi connectivity index (χ1n) is 6.63. The van der Waals surface area contributed by atoms with E-state index in [-0.39, 0.29) is 6.01 Å². The summed E-state index contributed by atoms with van der Waals surface area (Å²) < 4.78 is 5.64. The molecule has 1 aromatic carbocycles.